The van der Waals surface area contributed by atoms with Crippen LogP contribution in [0.25, 0.3) is 0 Å². The maximum absolute atomic E-state index is 13.9. The number of amidine groups is 1. The van der Waals surface area contributed by atoms with Crippen LogP contribution in [0.1, 0.15) is 30.5 Å². The van der Waals surface area contributed by atoms with E-state index < -0.39 is 29.3 Å². The lowest BCUT2D eigenvalue weighted by Gasteiger charge is -2.42. The number of carbonyl (C=O) groups is 2. The Kier molecular flexibility index (Phi) is 7.64. The maximum Gasteiger partial charge on any atom is 0.338 e. The van der Waals surface area contributed by atoms with Gasteiger partial charge in [0.25, 0.3) is 0 Å². The number of hydrogen-bond donors (Lipinski definition) is 2. The molecule has 2 atom stereocenters. The van der Waals surface area contributed by atoms with Crippen molar-refractivity contribution in [2.75, 3.05) is 32.9 Å². The number of benzene rings is 1. The number of esters is 1. The Morgan fingerprint density at radius 3 is 2.91 bits per heavy atom. The molecule has 2 aromatic rings. The molecule has 1 fully saturated rings. The number of nitrogens with one attached hydrogen (secondary N) is 1. The van der Waals surface area contributed by atoms with Gasteiger partial charge in [0.15, 0.2) is 10.8 Å². The molecule has 0 bridgehead atoms. The number of aliphatic carboxylic acids is 1. The number of carboxylic acid groups (broad SMARTS) is 1. The van der Waals surface area contributed by atoms with Gasteiger partial charge in [0, 0.05) is 34.8 Å². The van der Waals surface area contributed by atoms with Gasteiger partial charge in [0.2, 0.25) is 0 Å². The molecule has 0 radical (unpaired) electrons. The van der Waals surface area contributed by atoms with Crippen LogP contribution in [0.5, 0.6) is 0 Å². The SMILES string of the molecule is CCOC(=O)C1=C(CN2CCOCC2(C)C(=O)O)NC(c2nccs2)=NC1c1ccc(F)cc1Br. The lowest BCUT2D eigenvalue weighted by Crippen LogP contribution is -2.61. The van der Waals surface area contributed by atoms with Gasteiger partial charge in [0.1, 0.15) is 17.4 Å². The van der Waals surface area contributed by atoms with Gasteiger partial charge < -0.3 is 19.9 Å². The third kappa shape index (κ3) is 5.15. The fourth-order valence-electron chi connectivity index (χ4n) is 3.99. The number of carbonyl (C=O) groups excluding carboxylic acids is 1. The van der Waals surface area contributed by atoms with Crippen molar-refractivity contribution in [3.63, 3.8) is 0 Å². The van der Waals surface area contributed by atoms with Crippen LogP contribution >= 0.6 is 27.3 Å². The van der Waals surface area contributed by atoms with Gasteiger partial charge in [-0.1, -0.05) is 22.0 Å². The third-order valence-corrected chi connectivity index (χ3v) is 7.38. The van der Waals surface area contributed by atoms with E-state index in [2.05, 4.69) is 26.2 Å². The van der Waals surface area contributed by atoms with E-state index in [1.165, 1.54) is 23.5 Å². The summed E-state index contributed by atoms with van der Waals surface area (Å²) in [5, 5.41) is 15.5. The Morgan fingerprint density at radius 2 is 2.26 bits per heavy atom. The van der Waals surface area contributed by atoms with Crippen LogP contribution in [0, 0.1) is 5.82 Å². The largest absolute Gasteiger partial charge is 0.480 e. The molecule has 0 spiro atoms. The second-order valence-electron chi connectivity index (χ2n) is 8.17. The van der Waals surface area contributed by atoms with Gasteiger partial charge in [-0.25, -0.2) is 14.2 Å². The number of aliphatic imine (C=N–C) groups is 1. The summed E-state index contributed by atoms with van der Waals surface area (Å²) in [7, 11) is 0. The Hall–Kier alpha value is -2.67. The van der Waals surface area contributed by atoms with E-state index in [9.17, 15) is 19.1 Å². The average Bonchev–Trinajstić information content (AvgIpc) is 3.35. The third-order valence-electron chi connectivity index (χ3n) is 5.91. The molecule has 1 saturated heterocycles. The molecule has 0 amide bonds. The fourth-order valence-corrected chi connectivity index (χ4v) is 5.15. The summed E-state index contributed by atoms with van der Waals surface area (Å²) in [6, 6.07) is 3.33. The summed E-state index contributed by atoms with van der Waals surface area (Å²) in [6.07, 6.45) is 1.64. The van der Waals surface area contributed by atoms with Crippen LogP contribution in [-0.2, 0) is 19.1 Å². The maximum atomic E-state index is 13.9. The second kappa shape index (κ2) is 10.5. The first kappa shape index (κ1) is 25.4. The number of hydrogen-bond acceptors (Lipinski definition) is 9. The smallest absolute Gasteiger partial charge is 0.338 e. The number of ether oxygens (including phenoxy) is 2. The zero-order valence-electron chi connectivity index (χ0n) is 19.1. The van der Waals surface area contributed by atoms with Crippen molar-refractivity contribution in [3.8, 4) is 0 Å². The minimum atomic E-state index is -1.30. The molecule has 9 nitrogen and oxygen atoms in total. The van der Waals surface area contributed by atoms with Gasteiger partial charge in [-0.3, -0.25) is 14.7 Å². The van der Waals surface area contributed by atoms with E-state index >= 15 is 0 Å². The molecule has 2 aliphatic rings. The molecule has 12 heteroatoms. The Labute approximate surface area is 213 Å². The van der Waals surface area contributed by atoms with Crippen molar-refractivity contribution in [2.45, 2.75) is 25.4 Å². The molecular weight excluding hydrogens is 543 g/mol. The van der Waals surface area contributed by atoms with Crippen molar-refractivity contribution in [1.82, 2.24) is 15.2 Å². The molecule has 186 valence electrons. The summed E-state index contributed by atoms with van der Waals surface area (Å²) in [5.41, 5.74) is -0.0716. The van der Waals surface area contributed by atoms with E-state index in [0.717, 1.165) is 0 Å². The molecule has 35 heavy (non-hydrogen) atoms. The highest BCUT2D eigenvalue weighted by atomic mass is 79.9. The van der Waals surface area contributed by atoms with Gasteiger partial charge >= 0.3 is 11.9 Å². The van der Waals surface area contributed by atoms with Crippen molar-refractivity contribution >= 4 is 45.0 Å². The summed E-state index contributed by atoms with van der Waals surface area (Å²) in [6.45, 7) is 4.23. The molecule has 2 N–H and O–H groups in total. The number of nitrogens with zero attached hydrogens (tertiary/aromatic N) is 3. The first-order valence-corrected chi connectivity index (χ1v) is 12.6. The first-order chi connectivity index (χ1) is 16.7. The molecule has 2 aliphatic heterocycles. The summed E-state index contributed by atoms with van der Waals surface area (Å²) >= 11 is 4.76. The van der Waals surface area contributed by atoms with Crippen molar-refractivity contribution in [1.29, 1.82) is 0 Å². The summed E-state index contributed by atoms with van der Waals surface area (Å²) in [4.78, 5) is 36.2. The molecule has 3 heterocycles. The highest BCUT2D eigenvalue weighted by Gasteiger charge is 2.44. The molecule has 1 aromatic heterocycles. The highest BCUT2D eigenvalue weighted by Crippen LogP contribution is 2.37. The van der Waals surface area contributed by atoms with Gasteiger partial charge in [-0.05, 0) is 31.5 Å². The van der Waals surface area contributed by atoms with Gasteiger partial charge in [-0.2, -0.15) is 0 Å². The number of halogens is 2. The van der Waals surface area contributed by atoms with Crippen molar-refractivity contribution in [3.05, 3.63) is 61.9 Å². The van der Waals surface area contributed by atoms with Crippen LogP contribution < -0.4 is 5.32 Å². The van der Waals surface area contributed by atoms with Crippen LogP contribution in [0.4, 0.5) is 4.39 Å². The average molecular weight is 567 g/mol. The summed E-state index contributed by atoms with van der Waals surface area (Å²) in [5.74, 6) is -1.64. The zero-order valence-corrected chi connectivity index (χ0v) is 21.5. The molecule has 4 rings (SSSR count). The predicted octanol–water partition coefficient (Wildman–Crippen LogP) is 3.13. The number of rotatable bonds is 7. The topological polar surface area (TPSA) is 113 Å². The number of carboxylic acids is 1. The van der Waals surface area contributed by atoms with E-state index in [4.69, 9.17) is 14.5 Å². The lowest BCUT2D eigenvalue weighted by molar-refractivity contribution is -0.161. The fraction of sp³-hybridized carbons (Fsp3) is 0.391. The monoisotopic (exact) mass is 566 g/mol. The molecule has 0 saturated carbocycles. The summed E-state index contributed by atoms with van der Waals surface area (Å²) < 4.78 is 25.1. The van der Waals surface area contributed by atoms with Crippen molar-refractivity contribution < 1.29 is 28.6 Å². The normalized spacial score (nSPS) is 23.0. The minimum Gasteiger partial charge on any atom is -0.480 e. The Morgan fingerprint density at radius 1 is 1.46 bits per heavy atom. The second-order valence-corrected chi connectivity index (χ2v) is 9.92. The van der Waals surface area contributed by atoms with E-state index in [1.54, 1.807) is 36.4 Å². The zero-order chi connectivity index (χ0) is 25.2. The van der Waals surface area contributed by atoms with Crippen molar-refractivity contribution in [2.24, 2.45) is 4.99 Å². The number of morpholine rings is 1. The molecule has 0 aliphatic carbocycles. The van der Waals surface area contributed by atoms with E-state index in [1.807, 2.05) is 0 Å². The van der Waals surface area contributed by atoms with Crippen LogP contribution in [-0.4, -0.2) is 71.2 Å². The number of aromatic nitrogens is 1. The lowest BCUT2D eigenvalue weighted by atomic mass is 9.93. The molecule has 1 aromatic carbocycles. The van der Waals surface area contributed by atoms with Crippen LogP contribution in [0.3, 0.4) is 0 Å². The number of thiazole rings is 1. The minimum absolute atomic E-state index is 0.00468. The van der Waals surface area contributed by atoms with Crippen LogP contribution in [0.15, 0.2) is 50.5 Å². The Balaban J connectivity index is 1.86. The quantitative estimate of drug-likeness (QED) is 0.491. The Bertz CT molecular complexity index is 1190. The standard InChI is InChI=1S/C23H24BrFN4O5S/c1-3-34-21(30)17-16(11-29-7-8-33-12-23(29,2)22(31)32)27-19(20-26-6-9-35-20)28-18(17)14-5-4-13(25)10-15(14)24/h4-6,9-10,18H,3,7-8,11-12H2,1-2H3,(H,27,28)(H,31,32). The highest BCUT2D eigenvalue weighted by molar-refractivity contribution is 9.10. The van der Waals surface area contributed by atoms with E-state index in [0.29, 0.717) is 39.7 Å². The van der Waals surface area contributed by atoms with Gasteiger partial charge in [0.05, 0.1) is 25.4 Å². The van der Waals surface area contributed by atoms with Gasteiger partial charge in [-0.15, -0.1) is 11.3 Å². The van der Waals surface area contributed by atoms with Crippen LogP contribution in [0.2, 0.25) is 0 Å². The predicted molar refractivity (Wildman–Crippen MR) is 131 cm³/mol. The van der Waals surface area contributed by atoms with E-state index in [-0.39, 0.29) is 25.3 Å². The molecular formula is C23H24BrFN4O5S. The first-order valence-electron chi connectivity index (χ1n) is 10.9. The molecule has 2 unspecified atom stereocenters.